The molecule has 1 N–H and O–H groups in total. The Hall–Kier alpha value is -2.12. The second-order valence-electron chi connectivity index (χ2n) is 4.89. The number of hydrogen-bond donors (Lipinski definition) is 1. The van der Waals surface area contributed by atoms with Crippen LogP contribution in [0, 0.1) is 0 Å². The third kappa shape index (κ3) is 3.46. The van der Waals surface area contributed by atoms with Gasteiger partial charge in [-0.1, -0.05) is 12.1 Å². The predicted molar refractivity (Wildman–Crippen MR) is 93.6 cm³/mol. The number of thiazole rings is 1. The monoisotopic (exact) mass is 345 g/mol. The molecule has 1 amide bonds. The van der Waals surface area contributed by atoms with E-state index in [2.05, 4.69) is 22.4 Å². The largest absolute Gasteiger partial charge is 0.351 e. The Balaban J connectivity index is 1.64. The molecule has 1 aromatic carbocycles. The first kappa shape index (κ1) is 15.8. The maximum absolute atomic E-state index is 12.2. The predicted octanol–water partition coefficient (Wildman–Crippen LogP) is 2.45. The highest BCUT2D eigenvalue weighted by atomic mass is 32.2. The fourth-order valence-corrected chi connectivity index (χ4v) is 3.27. The Kier molecular flexibility index (Phi) is 4.78. The third-order valence-electron chi connectivity index (χ3n) is 3.45. The summed E-state index contributed by atoms with van der Waals surface area (Å²) in [5.41, 5.74) is 0.878. The lowest BCUT2D eigenvalue weighted by molar-refractivity contribution is 0.0952. The SMILES string of the molecule is CSc1ccc(CCNC(=O)c2cnc3sccn3c2=O)cc1. The second kappa shape index (κ2) is 6.97. The highest BCUT2D eigenvalue weighted by Crippen LogP contribution is 2.14. The van der Waals surface area contributed by atoms with Gasteiger partial charge in [0.15, 0.2) is 4.96 Å². The fourth-order valence-electron chi connectivity index (χ4n) is 2.19. The number of carbonyl (C=O) groups excluding carboxylic acids is 1. The van der Waals surface area contributed by atoms with Gasteiger partial charge in [0.25, 0.3) is 11.5 Å². The summed E-state index contributed by atoms with van der Waals surface area (Å²) in [6.07, 6.45) is 5.72. The maximum Gasteiger partial charge on any atom is 0.271 e. The molecule has 23 heavy (non-hydrogen) atoms. The Morgan fingerprint density at radius 3 is 2.87 bits per heavy atom. The lowest BCUT2D eigenvalue weighted by Crippen LogP contribution is -2.32. The van der Waals surface area contributed by atoms with Crippen LogP contribution >= 0.6 is 23.1 Å². The summed E-state index contributed by atoms with van der Waals surface area (Å²) in [7, 11) is 0. The van der Waals surface area contributed by atoms with Gasteiger partial charge in [0.05, 0.1) is 0 Å². The first-order valence-corrected chi connectivity index (χ1v) is 9.15. The van der Waals surface area contributed by atoms with Crippen molar-refractivity contribution in [2.24, 2.45) is 0 Å². The zero-order valence-electron chi connectivity index (χ0n) is 12.5. The topological polar surface area (TPSA) is 63.5 Å². The van der Waals surface area contributed by atoms with E-state index in [1.54, 1.807) is 23.3 Å². The van der Waals surface area contributed by atoms with E-state index in [0.29, 0.717) is 11.5 Å². The Morgan fingerprint density at radius 1 is 1.35 bits per heavy atom. The number of benzene rings is 1. The number of rotatable bonds is 5. The van der Waals surface area contributed by atoms with E-state index in [9.17, 15) is 9.59 Å². The maximum atomic E-state index is 12.2. The number of thioether (sulfide) groups is 1. The van der Waals surface area contributed by atoms with Crippen molar-refractivity contribution in [3.05, 3.63) is 63.5 Å². The molecule has 0 aliphatic carbocycles. The van der Waals surface area contributed by atoms with Gasteiger partial charge in [0.1, 0.15) is 5.56 Å². The van der Waals surface area contributed by atoms with E-state index in [4.69, 9.17) is 0 Å². The molecule has 7 heteroatoms. The quantitative estimate of drug-likeness (QED) is 0.722. The first-order chi connectivity index (χ1) is 11.2. The molecule has 2 aromatic heterocycles. The van der Waals surface area contributed by atoms with Gasteiger partial charge in [-0.15, -0.1) is 23.1 Å². The van der Waals surface area contributed by atoms with Gasteiger partial charge in [-0.2, -0.15) is 0 Å². The molecule has 3 rings (SSSR count). The van der Waals surface area contributed by atoms with Gasteiger partial charge in [0.2, 0.25) is 0 Å². The summed E-state index contributed by atoms with van der Waals surface area (Å²) in [6, 6.07) is 8.21. The molecular formula is C16H15N3O2S2. The highest BCUT2D eigenvalue weighted by Gasteiger charge is 2.13. The molecule has 0 saturated heterocycles. The molecule has 3 aromatic rings. The number of hydrogen-bond acceptors (Lipinski definition) is 5. The van der Waals surface area contributed by atoms with Crippen LogP contribution in [-0.2, 0) is 6.42 Å². The molecule has 0 saturated carbocycles. The van der Waals surface area contributed by atoms with Crippen molar-refractivity contribution < 1.29 is 4.79 Å². The number of aromatic nitrogens is 2. The van der Waals surface area contributed by atoms with Crippen molar-refractivity contribution in [2.45, 2.75) is 11.3 Å². The molecule has 0 aliphatic heterocycles. The average molecular weight is 345 g/mol. The lowest BCUT2D eigenvalue weighted by Gasteiger charge is -2.06. The highest BCUT2D eigenvalue weighted by molar-refractivity contribution is 7.98. The van der Waals surface area contributed by atoms with Crippen molar-refractivity contribution in [1.82, 2.24) is 14.7 Å². The van der Waals surface area contributed by atoms with Crippen LogP contribution in [0.3, 0.4) is 0 Å². The number of carbonyl (C=O) groups is 1. The lowest BCUT2D eigenvalue weighted by atomic mass is 10.1. The molecule has 0 atom stereocenters. The van der Waals surface area contributed by atoms with Crippen LogP contribution in [0.4, 0.5) is 0 Å². The first-order valence-electron chi connectivity index (χ1n) is 7.05. The number of fused-ring (bicyclic) bond motifs is 1. The van der Waals surface area contributed by atoms with E-state index in [0.717, 1.165) is 12.0 Å². The van der Waals surface area contributed by atoms with Crippen LogP contribution < -0.4 is 10.9 Å². The Morgan fingerprint density at radius 2 is 2.13 bits per heavy atom. The summed E-state index contributed by atoms with van der Waals surface area (Å²) < 4.78 is 1.39. The third-order valence-corrected chi connectivity index (χ3v) is 4.96. The molecule has 2 heterocycles. The Labute approximate surface area is 141 Å². The van der Waals surface area contributed by atoms with Gasteiger partial charge in [-0.05, 0) is 30.4 Å². The fraction of sp³-hybridized carbons (Fsp3) is 0.188. The zero-order chi connectivity index (χ0) is 16.2. The minimum Gasteiger partial charge on any atom is -0.351 e. The number of amides is 1. The van der Waals surface area contributed by atoms with Crippen LogP contribution in [0.2, 0.25) is 0 Å². The molecule has 118 valence electrons. The van der Waals surface area contributed by atoms with Crippen molar-refractivity contribution in [1.29, 1.82) is 0 Å². The van der Waals surface area contributed by atoms with E-state index in [1.807, 2.05) is 18.4 Å². The smallest absolute Gasteiger partial charge is 0.271 e. The molecule has 0 bridgehead atoms. The second-order valence-corrected chi connectivity index (χ2v) is 6.64. The zero-order valence-corrected chi connectivity index (χ0v) is 14.1. The molecule has 5 nitrogen and oxygen atoms in total. The summed E-state index contributed by atoms with van der Waals surface area (Å²) >= 11 is 3.05. The van der Waals surface area contributed by atoms with Crippen molar-refractivity contribution in [3.63, 3.8) is 0 Å². The van der Waals surface area contributed by atoms with E-state index in [-0.39, 0.29) is 17.0 Å². The van der Waals surface area contributed by atoms with E-state index < -0.39 is 0 Å². The van der Waals surface area contributed by atoms with E-state index >= 15 is 0 Å². The van der Waals surface area contributed by atoms with Gasteiger partial charge in [-0.25, -0.2) is 4.98 Å². The molecular weight excluding hydrogens is 330 g/mol. The summed E-state index contributed by atoms with van der Waals surface area (Å²) in [5.74, 6) is -0.385. The van der Waals surface area contributed by atoms with Crippen LogP contribution in [0.25, 0.3) is 4.96 Å². The van der Waals surface area contributed by atoms with Gasteiger partial charge >= 0.3 is 0 Å². The molecule has 0 spiro atoms. The summed E-state index contributed by atoms with van der Waals surface area (Å²) in [5, 5.41) is 4.55. The van der Waals surface area contributed by atoms with Gasteiger partial charge < -0.3 is 5.32 Å². The molecule has 0 radical (unpaired) electrons. The van der Waals surface area contributed by atoms with Gasteiger partial charge in [-0.3, -0.25) is 14.0 Å². The van der Waals surface area contributed by atoms with Gasteiger partial charge in [0, 0.05) is 29.2 Å². The minimum absolute atomic E-state index is 0.0682. The minimum atomic E-state index is -0.385. The number of nitrogens with one attached hydrogen (secondary N) is 1. The van der Waals surface area contributed by atoms with Crippen LogP contribution in [-0.4, -0.2) is 28.1 Å². The van der Waals surface area contributed by atoms with Crippen LogP contribution in [0.1, 0.15) is 15.9 Å². The summed E-state index contributed by atoms with van der Waals surface area (Å²) in [4.78, 5) is 30.3. The normalized spacial score (nSPS) is 10.8. The Bertz CT molecular complexity index is 884. The van der Waals surface area contributed by atoms with Crippen LogP contribution in [0.15, 0.2) is 51.7 Å². The van der Waals surface area contributed by atoms with Crippen molar-refractivity contribution in [3.8, 4) is 0 Å². The summed E-state index contributed by atoms with van der Waals surface area (Å²) in [6.45, 7) is 0.475. The standard InChI is InChI=1S/C16H15N3O2S2/c1-22-12-4-2-11(3-5-12)6-7-17-14(20)13-10-18-16-19(15(13)21)8-9-23-16/h2-5,8-10H,6-7H2,1H3,(H,17,20). The van der Waals surface area contributed by atoms with E-state index in [1.165, 1.54) is 26.8 Å². The number of nitrogens with zero attached hydrogens (tertiary/aromatic N) is 2. The average Bonchev–Trinajstić information content (AvgIpc) is 3.05. The van der Waals surface area contributed by atoms with Crippen molar-refractivity contribution >= 4 is 34.0 Å². The molecule has 0 fully saturated rings. The van der Waals surface area contributed by atoms with Crippen molar-refractivity contribution in [2.75, 3.05) is 12.8 Å². The molecule has 0 unspecified atom stereocenters. The molecule has 0 aliphatic rings. The van der Waals surface area contributed by atoms with Crippen LogP contribution in [0.5, 0.6) is 0 Å².